The smallest absolute Gasteiger partial charge is 0.171 e. The predicted octanol–water partition coefficient (Wildman–Crippen LogP) is 2.34. The fourth-order valence-corrected chi connectivity index (χ4v) is 1.58. The molecule has 0 spiro atoms. The van der Waals surface area contributed by atoms with Crippen LogP contribution < -0.4 is 5.32 Å². The van der Waals surface area contributed by atoms with Crippen LogP contribution in [0.2, 0.25) is 5.15 Å². The molecule has 1 aromatic rings. The van der Waals surface area contributed by atoms with Crippen LogP contribution in [0.5, 0.6) is 0 Å². The summed E-state index contributed by atoms with van der Waals surface area (Å²) in [7, 11) is 0. The van der Waals surface area contributed by atoms with Gasteiger partial charge in [0.1, 0.15) is 0 Å². The second-order valence-electron chi connectivity index (χ2n) is 4.54. The van der Waals surface area contributed by atoms with Crippen molar-refractivity contribution in [3.63, 3.8) is 0 Å². The van der Waals surface area contributed by atoms with Gasteiger partial charge >= 0.3 is 0 Å². The summed E-state index contributed by atoms with van der Waals surface area (Å²) in [6, 6.07) is 0. The molecule has 0 amide bonds. The molecule has 0 aliphatic heterocycles. The van der Waals surface area contributed by atoms with E-state index >= 15 is 0 Å². The van der Waals surface area contributed by atoms with Crippen LogP contribution in [0, 0.1) is 5.41 Å². The van der Waals surface area contributed by atoms with Gasteiger partial charge in [0.05, 0.1) is 0 Å². The molecule has 0 saturated carbocycles. The van der Waals surface area contributed by atoms with Crippen LogP contribution in [0.4, 0.5) is 5.82 Å². The lowest BCUT2D eigenvalue weighted by molar-refractivity contribution is 0.248. The van der Waals surface area contributed by atoms with Crippen LogP contribution in [-0.2, 0) is 0 Å². The monoisotopic (exact) mass is 243 g/mol. The highest BCUT2D eigenvalue weighted by molar-refractivity contribution is 6.31. The highest BCUT2D eigenvalue weighted by atomic mass is 35.5. The quantitative estimate of drug-likeness (QED) is 0.805. The average molecular weight is 244 g/mol. The predicted molar refractivity (Wildman–Crippen MR) is 65.6 cm³/mol. The third-order valence-electron chi connectivity index (χ3n) is 2.40. The Morgan fingerprint density at radius 1 is 1.38 bits per heavy atom. The lowest BCUT2D eigenvalue weighted by atomic mass is 9.88. The maximum Gasteiger partial charge on any atom is 0.171 e. The zero-order valence-electron chi connectivity index (χ0n) is 9.70. The van der Waals surface area contributed by atoms with Gasteiger partial charge in [0.25, 0.3) is 0 Å². The molecule has 1 rings (SSSR count). The van der Waals surface area contributed by atoms with Gasteiger partial charge in [-0.25, -0.2) is 9.97 Å². The number of hydrogen-bond acceptors (Lipinski definition) is 4. The summed E-state index contributed by atoms with van der Waals surface area (Å²) in [6.45, 7) is 5.26. The van der Waals surface area contributed by atoms with Crippen molar-refractivity contribution in [3.05, 3.63) is 17.5 Å². The van der Waals surface area contributed by atoms with Crippen molar-refractivity contribution in [2.75, 3.05) is 18.5 Å². The SMILES string of the molecule is CC(C)(CCCO)CNc1nccnc1Cl. The van der Waals surface area contributed by atoms with Gasteiger partial charge in [-0.3, -0.25) is 0 Å². The number of anilines is 1. The number of rotatable bonds is 6. The van der Waals surface area contributed by atoms with Crippen LogP contribution >= 0.6 is 11.6 Å². The van der Waals surface area contributed by atoms with Crippen molar-refractivity contribution in [1.29, 1.82) is 0 Å². The molecule has 5 heteroatoms. The molecule has 90 valence electrons. The molecule has 2 N–H and O–H groups in total. The molecule has 0 aliphatic carbocycles. The van der Waals surface area contributed by atoms with Gasteiger partial charge in [0, 0.05) is 25.5 Å². The molecule has 0 aromatic carbocycles. The van der Waals surface area contributed by atoms with E-state index in [4.69, 9.17) is 16.7 Å². The van der Waals surface area contributed by atoms with Gasteiger partial charge in [-0.15, -0.1) is 0 Å². The maximum absolute atomic E-state index is 8.80. The van der Waals surface area contributed by atoms with E-state index in [9.17, 15) is 0 Å². The van der Waals surface area contributed by atoms with Crippen LogP contribution in [-0.4, -0.2) is 28.2 Å². The van der Waals surface area contributed by atoms with Gasteiger partial charge in [0.2, 0.25) is 0 Å². The Kier molecular flexibility index (Phi) is 4.96. The molecule has 0 radical (unpaired) electrons. The molecule has 0 atom stereocenters. The minimum absolute atomic E-state index is 0.101. The van der Waals surface area contributed by atoms with Crippen LogP contribution in [0.15, 0.2) is 12.4 Å². The first-order valence-electron chi connectivity index (χ1n) is 5.36. The second kappa shape index (κ2) is 6.01. The number of aliphatic hydroxyl groups is 1. The molecule has 0 aliphatic rings. The number of nitrogens with zero attached hydrogens (tertiary/aromatic N) is 2. The zero-order valence-corrected chi connectivity index (χ0v) is 10.5. The summed E-state index contributed by atoms with van der Waals surface area (Å²) in [6.07, 6.45) is 4.93. The third kappa shape index (κ3) is 4.33. The Labute approximate surface area is 101 Å². The van der Waals surface area contributed by atoms with Gasteiger partial charge in [-0.05, 0) is 18.3 Å². The first-order valence-corrected chi connectivity index (χ1v) is 5.74. The molecule has 1 aromatic heterocycles. The van der Waals surface area contributed by atoms with E-state index in [0.717, 1.165) is 19.4 Å². The highest BCUT2D eigenvalue weighted by Crippen LogP contribution is 2.23. The van der Waals surface area contributed by atoms with E-state index in [-0.39, 0.29) is 12.0 Å². The number of nitrogens with one attached hydrogen (secondary N) is 1. The summed E-state index contributed by atoms with van der Waals surface area (Å²) in [5, 5.41) is 12.4. The topological polar surface area (TPSA) is 58.0 Å². The first-order chi connectivity index (χ1) is 7.55. The molecule has 1 heterocycles. The molecular formula is C11H18ClN3O. The fraction of sp³-hybridized carbons (Fsp3) is 0.636. The summed E-state index contributed by atoms with van der Waals surface area (Å²) in [5.74, 6) is 0.612. The van der Waals surface area contributed by atoms with Gasteiger partial charge in [-0.2, -0.15) is 0 Å². The van der Waals surface area contributed by atoms with Gasteiger partial charge in [0.15, 0.2) is 11.0 Å². The summed E-state index contributed by atoms with van der Waals surface area (Å²) < 4.78 is 0. The van der Waals surface area contributed by atoms with E-state index in [1.807, 2.05) is 0 Å². The maximum atomic E-state index is 8.80. The van der Waals surface area contributed by atoms with E-state index in [1.54, 1.807) is 12.4 Å². The standard InChI is InChI=1S/C11H18ClN3O/c1-11(2,4-3-7-16)8-15-10-9(12)13-5-6-14-10/h5-6,16H,3-4,7-8H2,1-2H3,(H,14,15). The van der Waals surface area contributed by atoms with Crippen molar-refractivity contribution < 1.29 is 5.11 Å². The largest absolute Gasteiger partial charge is 0.396 e. The van der Waals surface area contributed by atoms with Crippen LogP contribution in [0.3, 0.4) is 0 Å². The normalized spacial score (nSPS) is 11.5. The molecular weight excluding hydrogens is 226 g/mol. The van der Waals surface area contributed by atoms with Crippen molar-refractivity contribution in [2.45, 2.75) is 26.7 Å². The summed E-state index contributed by atoms with van der Waals surface area (Å²) in [5.41, 5.74) is 0.101. The Hall–Kier alpha value is -0.870. The average Bonchev–Trinajstić information content (AvgIpc) is 2.26. The van der Waals surface area contributed by atoms with Gasteiger partial charge < -0.3 is 10.4 Å². The zero-order chi connectivity index (χ0) is 12.0. The summed E-state index contributed by atoms with van der Waals surface area (Å²) >= 11 is 5.88. The van der Waals surface area contributed by atoms with Crippen molar-refractivity contribution in [1.82, 2.24) is 9.97 Å². The second-order valence-corrected chi connectivity index (χ2v) is 4.90. The Balaban J connectivity index is 2.47. The Morgan fingerprint density at radius 2 is 2.06 bits per heavy atom. The molecule has 0 unspecified atom stereocenters. The van der Waals surface area contributed by atoms with Gasteiger partial charge in [-0.1, -0.05) is 25.4 Å². The molecule has 4 nitrogen and oxygen atoms in total. The minimum Gasteiger partial charge on any atom is -0.396 e. The van der Waals surface area contributed by atoms with Crippen molar-refractivity contribution in [2.24, 2.45) is 5.41 Å². The molecule has 0 saturated heterocycles. The van der Waals surface area contributed by atoms with Crippen LogP contribution in [0.1, 0.15) is 26.7 Å². The van der Waals surface area contributed by atoms with E-state index in [0.29, 0.717) is 11.0 Å². The number of halogens is 1. The number of hydrogen-bond donors (Lipinski definition) is 2. The highest BCUT2D eigenvalue weighted by Gasteiger charge is 2.17. The molecule has 16 heavy (non-hydrogen) atoms. The Morgan fingerprint density at radius 3 is 2.69 bits per heavy atom. The third-order valence-corrected chi connectivity index (χ3v) is 2.68. The number of aliphatic hydroxyl groups excluding tert-OH is 1. The van der Waals surface area contributed by atoms with Crippen molar-refractivity contribution in [3.8, 4) is 0 Å². The summed E-state index contributed by atoms with van der Waals surface area (Å²) in [4.78, 5) is 8.05. The van der Waals surface area contributed by atoms with E-state index < -0.39 is 0 Å². The fourth-order valence-electron chi connectivity index (χ4n) is 1.41. The molecule has 0 fully saturated rings. The van der Waals surface area contributed by atoms with E-state index in [2.05, 4.69) is 29.1 Å². The lowest BCUT2D eigenvalue weighted by Crippen LogP contribution is -2.24. The number of aromatic nitrogens is 2. The minimum atomic E-state index is 0.101. The van der Waals surface area contributed by atoms with Crippen LogP contribution in [0.25, 0.3) is 0 Å². The Bertz CT molecular complexity index is 331. The molecule has 0 bridgehead atoms. The lowest BCUT2D eigenvalue weighted by Gasteiger charge is -2.24. The first kappa shape index (κ1) is 13.2. The van der Waals surface area contributed by atoms with E-state index in [1.165, 1.54) is 0 Å². The van der Waals surface area contributed by atoms with Crippen molar-refractivity contribution >= 4 is 17.4 Å².